The van der Waals surface area contributed by atoms with Crippen molar-refractivity contribution in [2.24, 2.45) is 11.8 Å². The normalized spacial score (nSPS) is 17.6. The van der Waals surface area contributed by atoms with Gasteiger partial charge in [0.05, 0.1) is 58.0 Å². The van der Waals surface area contributed by atoms with Crippen molar-refractivity contribution in [3.8, 4) is 11.8 Å². The molecule has 3 heterocycles. The standard InChI is InChI=1S/C12H13BrN2O4.C5H6BrN3O.C4H4BrNO2/c1-3-19-12(17)7-4-6(7)9(16)10-14-5-8(13)11(15-10)18-2;1-10-4-3(6)2-8-5(7)9-4;5-6-3(7)1-2-4(6)8/h5-7H,3-4H2,1-2H3;2H,1H3,(H2,7,8,9);1-2H2. The predicted octanol–water partition coefficient (Wildman–Crippen LogP) is 2.90. The number of esters is 1. The zero-order valence-electron chi connectivity index (χ0n) is 19.9. The molecule has 1 aliphatic carbocycles. The smallest absolute Gasteiger partial charge is 0.309 e. The van der Waals surface area contributed by atoms with E-state index in [1.807, 2.05) is 0 Å². The summed E-state index contributed by atoms with van der Waals surface area (Å²) in [5.74, 6) is -0.564. The number of ether oxygens (including phenoxy) is 3. The summed E-state index contributed by atoms with van der Waals surface area (Å²) in [5.41, 5.74) is 5.28. The van der Waals surface area contributed by atoms with Crippen molar-refractivity contribution in [1.82, 2.24) is 23.9 Å². The van der Waals surface area contributed by atoms with Crippen LogP contribution in [0, 0.1) is 11.8 Å². The number of nitrogen functional groups attached to an aromatic ring is 1. The van der Waals surface area contributed by atoms with E-state index in [4.69, 9.17) is 19.9 Å². The third kappa shape index (κ3) is 8.67. The van der Waals surface area contributed by atoms with Gasteiger partial charge in [0.15, 0.2) is 5.82 Å². The van der Waals surface area contributed by atoms with Gasteiger partial charge in [-0.15, -0.1) is 0 Å². The molecule has 2 aliphatic rings. The molecule has 2 unspecified atom stereocenters. The van der Waals surface area contributed by atoms with Gasteiger partial charge in [0.25, 0.3) is 0 Å². The van der Waals surface area contributed by atoms with E-state index in [0.717, 1.165) is 3.93 Å². The fraction of sp³-hybridized carbons (Fsp3) is 0.429. The van der Waals surface area contributed by atoms with Gasteiger partial charge in [-0.2, -0.15) is 9.97 Å². The van der Waals surface area contributed by atoms with Gasteiger partial charge in [-0.25, -0.2) is 13.9 Å². The molecule has 4 rings (SSSR count). The molecule has 0 aromatic carbocycles. The number of ketones is 1. The van der Waals surface area contributed by atoms with Gasteiger partial charge < -0.3 is 19.9 Å². The second-order valence-corrected chi connectivity index (χ2v) is 9.69. The summed E-state index contributed by atoms with van der Waals surface area (Å²) in [5, 5.41) is 0. The maximum atomic E-state index is 12.1. The Bertz CT molecular complexity index is 1150. The Balaban J connectivity index is 0.000000223. The van der Waals surface area contributed by atoms with Crippen LogP contribution in [0.1, 0.15) is 36.8 Å². The van der Waals surface area contributed by atoms with Crippen LogP contribution >= 0.6 is 48.0 Å². The number of Topliss-reactive ketones (excluding diaryl/α,β-unsaturated/α-hetero) is 1. The number of nitrogens with zero attached hydrogens (tertiary/aromatic N) is 5. The molecule has 0 spiro atoms. The topological polar surface area (TPSA) is 177 Å². The Labute approximate surface area is 237 Å². The number of carbonyl (C=O) groups excluding carboxylic acids is 4. The molecule has 1 aliphatic heterocycles. The van der Waals surface area contributed by atoms with Gasteiger partial charge >= 0.3 is 5.97 Å². The van der Waals surface area contributed by atoms with E-state index in [0.29, 0.717) is 46.6 Å². The number of imide groups is 1. The Morgan fingerprint density at radius 2 is 1.54 bits per heavy atom. The van der Waals surface area contributed by atoms with Crippen molar-refractivity contribution >= 4 is 77.5 Å². The van der Waals surface area contributed by atoms with Crippen LogP contribution in [0.4, 0.5) is 5.95 Å². The van der Waals surface area contributed by atoms with Crippen LogP contribution in [0.25, 0.3) is 0 Å². The minimum atomic E-state index is -0.370. The molecule has 16 heteroatoms. The van der Waals surface area contributed by atoms with Crippen molar-refractivity contribution in [2.75, 3.05) is 26.6 Å². The highest BCUT2D eigenvalue weighted by Crippen LogP contribution is 2.41. The minimum absolute atomic E-state index is 0.0665. The van der Waals surface area contributed by atoms with Crippen LogP contribution in [0.5, 0.6) is 11.8 Å². The summed E-state index contributed by atoms with van der Waals surface area (Å²) in [6, 6.07) is 0. The third-order valence-electron chi connectivity index (χ3n) is 4.76. The maximum Gasteiger partial charge on any atom is 0.309 e. The molecule has 2 amide bonds. The first-order valence-electron chi connectivity index (χ1n) is 10.6. The van der Waals surface area contributed by atoms with E-state index in [-0.39, 0.29) is 47.2 Å². The molecule has 37 heavy (non-hydrogen) atoms. The number of methoxy groups -OCH3 is 2. The van der Waals surface area contributed by atoms with Crippen LogP contribution < -0.4 is 15.2 Å². The average molecular weight is 711 g/mol. The first-order chi connectivity index (χ1) is 17.5. The molecule has 2 atom stereocenters. The zero-order chi connectivity index (χ0) is 27.7. The highest BCUT2D eigenvalue weighted by Gasteiger charge is 2.50. The van der Waals surface area contributed by atoms with Crippen molar-refractivity contribution < 1.29 is 33.4 Å². The lowest BCUT2D eigenvalue weighted by molar-refractivity contribution is -0.145. The maximum absolute atomic E-state index is 12.1. The molecule has 13 nitrogen and oxygen atoms in total. The molecular weight excluding hydrogens is 688 g/mol. The number of hydrogen-bond acceptors (Lipinski definition) is 12. The minimum Gasteiger partial charge on any atom is -0.480 e. The van der Waals surface area contributed by atoms with E-state index in [1.165, 1.54) is 20.4 Å². The van der Waals surface area contributed by atoms with Gasteiger partial charge in [-0.3, -0.25) is 19.2 Å². The van der Waals surface area contributed by atoms with E-state index < -0.39 is 0 Å². The van der Waals surface area contributed by atoms with Gasteiger partial charge in [-0.1, -0.05) is 0 Å². The number of halogens is 3. The van der Waals surface area contributed by atoms with Crippen LogP contribution in [-0.2, 0) is 19.1 Å². The molecule has 2 aromatic heterocycles. The Morgan fingerprint density at radius 1 is 1.00 bits per heavy atom. The molecule has 200 valence electrons. The van der Waals surface area contributed by atoms with Crippen molar-refractivity contribution in [2.45, 2.75) is 26.2 Å². The Morgan fingerprint density at radius 3 is 2.00 bits per heavy atom. The monoisotopic (exact) mass is 708 g/mol. The highest BCUT2D eigenvalue weighted by molar-refractivity contribution is 9.11. The average Bonchev–Trinajstić information content (AvgIpc) is 3.64. The van der Waals surface area contributed by atoms with Crippen LogP contribution in [0.2, 0.25) is 0 Å². The molecule has 1 saturated heterocycles. The lowest BCUT2D eigenvalue weighted by atomic mass is 10.2. The summed E-state index contributed by atoms with van der Waals surface area (Å²) < 4.78 is 17.0. The number of nitrogens with two attached hydrogens (primary N) is 1. The van der Waals surface area contributed by atoms with Gasteiger partial charge in [-0.05, 0) is 45.2 Å². The second kappa shape index (κ2) is 14.3. The third-order valence-corrected chi connectivity index (χ3v) is 6.64. The molecule has 1 saturated carbocycles. The molecule has 2 fully saturated rings. The van der Waals surface area contributed by atoms with Gasteiger partial charge in [0.2, 0.25) is 35.3 Å². The SMILES string of the molecule is CCOC(=O)C1CC1C(=O)c1ncc(Br)c(OC)n1.COc1nc(N)ncc1Br.O=C1CCC(=O)N1Br. The number of rotatable bonds is 6. The summed E-state index contributed by atoms with van der Waals surface area (Å²) in [4.78, 5) is 59.9. The summed E-state index contributed by atoms with van der Waals surface area (Å²) in [7, 11) is 2.98. The van der Waals surface area contributed by atoms with Gasteiger partial charge in [0.1, 0.15) is 0 Å². The second-order valence-electron chi connectivity index (χ2n) is 7.27. The molecule has 2 aromatic rings. The fourth-order valence-corrected chi connectivity index (χ4v) is 3.89. The molecule has 0 bridgehead atoms. The zero-order valence-corrected chi connectivity index (χ0v) is 24.7. The lowest BCUT2D eigenvalue weighted by Gasteiger charge is -2.04. The summed E-state index contributed by atoms with van der Waals surface area (Å²) >= 11 is 9.20. The quantitative estimate of drug-likeness (QED) is 0.201. The highest BCUT2D eigenvalue weighted by atomic mass is 79.9. The van der Waals surface area contributed by atoms with Crippen LogP contribution in [0.15, 0.2) is 21.3 Å². The molecular formula is C21H23Br3N6O7. The summed E-state index contributed by atoms with van der Waals surface area (Å²) in [6.45, 7) is 2.05. The Hall–Kier alpha value is -2.72. The predicted molar refractivity (Wildman–Crippen MR) is 140 cm³/mol. The largest absolute Gasteiger partial charge is 0.480 e. The van der Waals surface area contributed by atoms with Gasteiger partial charge in [0, 0.05) is 25.0 Å². The lowest BCUT2D eigenvalue weighted by Crippen LogP contribution is -2.16. The van der Waals surface area contributed by atoms with Crippen LogP contribution in [-0.4, -0.2) is 68.3 Å². The number of aromatic nitrogens is 4. The van der Waals surface area contributed by atoms with E-state index >= 15 is 0 Å². The Kier molecular flexibility index (Phi) is 11.8. The number of hydrogen-bond donors (Lipinski definition) is 1. The number of carbonyl (C=O) groups is 4. The molecule has 2 N–H and O–H groups in total. The summed E-state index contributed by atoms with van der Waals surface area (Å²) in [6.07, 6.45) is 4.20. The van der Waals surface area contributed by atoms with E-state index in [9.17, 15) is 19.2 Å². The van der Waals surface area contributed by atoms with Crippen molar-refractivity contribution in [3.63, 3.8) is 0 Å². The van der Waals surface area contributed by atoms with Crippen molar-refractivity contribution in [1.29, 1.82) is 0 Å². The van der Waals surface area contributed by atoms with E-state index in [2.05, 4.69) is 67.9 Å². The fourth-order valence-electron chi connectivity index (χ4n) is 2.83. The first kappa shape index (κ1) is 30.5. The number of amides is 2. The first-order valence-corrected chi connectivity index (χ1v) is 12.9. The number of anilines is 1. The van der Waals surface area contributed by atoms with E-state index in [1.54, 1.807) is 13.1 Å². The van der Waals surface area contributed by atoms with Crippen molar-refractivity contribution in [3.05, 3.63) is 27.2 Å². The van der Waals surface area contributed by atoms with Crippen LogP contribution in [0.3, 0.4) is 0 Å². The molecule has 0 radical (unpaired) electrons.